The van der Waals surface area contributed by atoms with Crippen LogP contribution in [0.15, 0.2) is 22.7 Å². The van der Waals surface area contributed by atoms with E-state index in [4.69, 9.17) is 17.3 Å². The van der Waals surface area contributed by atoms with Crippen molar-refractivity contribution in [1.82, 2.24) is 0 Å². The van der Waals surface area contributed by atoms with E-state index in [0.717, 1.165) is 34.2 Å². The lowest BCUT2D eigenvalue weighted by atomic mass is 9.88. The molecule has 3 rings (SSSR count). The SMILES string of the molecule is C[C@H]1CCc2c(sc(NC(=O)c3cc(Br)ccc3Cl)c2C(N)=O)C1. The molecule has 7 heteroatoms. The Bertz CT molecular complexity index is 834. The van der Waals surface area contributed by atoms with Crippen LogP contribution >= 0.6 is 38.9 Å². The van der Waals surface area contributed by atoms with Gasteiger partial charge in [0.15, 0.2) is 0 Å². The number of halogens is 2. The lowest BCUT2D eigenvalue weighted by molar-refractivity contribution is 0.1000. The van der Waals surface area contributed by atoms with Crippen LogP contribution in [-0.2, 0) is 12.8 Å². The summed E-state index contributed by atoms with van der Waals surface area (Å²) < 4.78 is 0.756. The normalized spacial score (nSPS) is 16.5. The van der Waals surface area contributed by atoms with Crippen molar-refractivity contribution in [1.29, 1.82) is 0 Å². The molecule has 24 heavy (non-hydrogen) atoms. The summed E-state index contributed by atoms with van der Waals surface area (Å²) in [4.78, 5) is 25.6. The Balaban J connectivity index is 1.96. The zero-order chi connectivity index (χ0) is 17.4. The topological polar surface area (TPSA) is 72.2 Å². The molecular weight excluding hydrogens is 412 g/mol. The number of benzene rings is 1. The molecule has 1 atom stereocenters. The number of carbonyl (C=O) groups is 2. The number of amides is 2. The van der Waals surface area contributed by atoms with E-state index >= 15 is 0 Å². The first-order chi connectivity index (χ1) is 11.4. The smallest absolute Gasteiger partial charge is 0.257 e. The molecular formula is C17H16BrClN2O2S. The fraction of sp³-hybridized carbons (Fsp3) is 0.294. The first kappa shape index (κ1) is 17.5. The van der Waals surface area contributed by atoms with Crippen molar-refractivity contribution < 1.29 is 9.59 Å². The van der Waals surface area contributed by atoms with Crippen LogP contribution < -0.4 is 11.1 Å². The number of fused-ring (bicyclic) bond motifs is 1. The van der Waals surface area contributed by atoms with E-state index in [1.165, 1.54) is 11.3 Å². The molecule has 0 radical (unpaired) electrons. The monoisotopic (exact) mass is 426 g/mol. The predicted octanol–water partition coefficient (Wildman–Crippen LogP) is 4.64. The van der Waals surface area contributed by atoms with Gasteiger partial charge in [-0.2, -0.15) is 0 Å². The second kappa shape index (κ2) is 6.86. The molecule has 0 spiro atoms. The second-order valence-corrected chi connectivity index (χ2v) is 8.43. The molecule has 2 aromatic rings. The highest BCUT2D eigenvalue weighted by molar-refractivity contribution is 9.10. The van der Waals surface area contributed by atoms with Crippen LogP contribution in [0.2, 0.25) is 5.02 Å². The average molecular weight is 428 g/mol. The van der Waals surface area contributed by atoms with Gasteiger partial charge in [-0.25, -0.2) is 0 Å². The van der Waals surface area contributed by atoms with E-state index in [-0.39, 0.29) is 5.91 Å². The first-order valence-electron chi connectivity index (χ1n) is 7.57. The lowest BCUT2D eigenvalue weighted by Crippen LogP contribution is -2.19. The third kappa shape index (κ3) is 3.36. The molecule has 2 amide bonds. The third-order valence-corrected chi connectivity index (χ3v) is 6.15. The van der Waals surface area contributed by atoms with E-state index in [1.807, 2.05) is 0 Å². The number of anilines is 1. The highest BCUT2D eigenvalue weighted by Gasteiger charge is 2.27. The molecule has 4 nitrogen and oxygen atoms in total. The van der Waals surface area contributed by atoms with Crippen molar-refractivity contribution in [2.45, 2.75) is 26.2 Å². The van der Waals surface area contributed by atoms with Crippen LogP contribution in [0.5, 0.6) is 0 Å². The van der Waals surface area contributed by atoms with Gasteiger partial charge in [-0.3, -0.25) is 9.59 Å². The minimum atomic E-state index is -0.502. The van der Waals surface area contributed by atoms with E-state index in [0.29, 0.717) is 27.1 Å². The Kier molecular flexibility index (Phi) is 4.99. The Labute approximate surface area is 157 Å². The number of hydrogen-bond acceptors (Lipinski definition) is 3. The van der Waals surface area contributed by atoms with E-state index in [9.17, 15) is 9.59 Å². The van der Waals surface area contributed by atoms with E-state index in [2.05, 4.69) is 28.2 Å². The molecule has 0 saturated carbocycles. The van der Waals surface area contributed by atoms with Crippen molar-refractivity contribution in [2.24, 2.45) is 11.7 Å². The molecule has 3 N–H and O–H groups in total. The van der Waals surface area contributed by atoms with Crippen LogP contribution in [0.3, 0.4) is 0 Å². The van der Waals surface area contributed by atoms with Crippen LogP contribution in [0.4, 0.5) is 5.00 Å². The number of nitrogens with two attached hydrogens (primary N) is 1. The maximum atomic E-state index is 12.6. The Morgan fingerprint density at radius 3 is 2.88 bits per heavy atom. The molecule has 0 unspecified atom stereocenters. The van der Waals surface area contributed by atoms with Crippen molar-refractivity contribution in [3.05, 3.63) is 49.3 Å². The summed E-state index contributed by atoms with van der Waals surface area (Å²) in [6.45, 7) is 2.19. The number of rotatable bonds is 3. The molecule has 1 aliphatic rings. The van der Waals surface area contributed by atoms with Gasteiger partial charge in [0.1, 0.15) is 5.00 Å². The largest absolute Gasteiger partial charge is 0.365 e. The molecule has 0 aliphatic heterocycles. The summed E-state index contributed by atoms with van der Waals surface area (Å²) in [7, 11) is 0. The zero-order valence-electron chi connectivity index (χ0n) is 13.0. The fourth-order valence-electron chi connectivity index (χ4n) is 2.94. The number of thiophene rings is 1. The predicted molar refractivity (Wildman–Crippen MR) is 101 cm³/mol. The van der Waals surface area contributed by atoms with Crippen molar-refractivity contribution in [3.63, 3.8) is 0 Å². The van der Waals surface area contributed by atoms with Crippen LogP contribution in [-0.4, -0.2) is 11.8 Å². The molecule has 1 heterocycles. The van der Waals surface area contributed by atoms with Crippen LogP contribution in [0.25, 0.3) is 0 Å². The average Bonchev–Trinajstić information content (AvgIpc) is 2.86. The number of primary amides is 1. The zero-order valence-corrected chi connectivity index (χ0v) is 16.1. The van der Waals surface area contributed by atoms with Crippen LogP contribution in [0.1, 0.15) is 44.5 Å². The fourth-order valence-corrected chi connectivity index (χ4v) is 4.92. The summed E-state index contributed by atoms with van der Waals surface area (Å²) >= 11 is 10.9. The van der Waals surface area contributed by atoms with Crippen molar-refractivity contribution >= 4 is 55.7 Å². The number of carbonyl (C=O) groups excluding carboxylic acids is 2. The summed E-state index contributed by atoms with van der Waals surface area (Å²) in [6.07, 6.45) is 2.75. The minimum absolute atomic E-state index is 0.348. The summed E-state index contributed by atoms with van der Waals surface area (Å²) in [6, 6.07) is 5.06. The number of hydrogen-bond donors (Lipinski definition) is 2. The molecule has 1 aromatic heterocycles. The van der Waals surface area contributed by atoms with Gasteiger partial charge in [0.2, 0.25) is 0 Å². The van der Waals surface area contributed by atoms with Gasteiger partial charge in [-0.15, -0.1) is 11.3 Å². The van der Waals surface area contributed by atoms with Crippen molar-refractivity contribution in [3.8, 4) is 0 Å². The van der Waals surface area contributed by atoms with Gasteiger partial charge in [-0.1, -0.05) is 34.5 Å². The molecule has 126 valence electrons. The molecule has 1 aromatic carbocycles. The van der Waals surface area contributed by atoms with Gasteiger partial charge >= 0.3 is 0 Å². The molecule has 1 aliphatic carbocycles. The standard InChI is InChI=1S/C17H16BrClN2O2S/c1-8-2-4-10-13(6-8)24-17(14(10)15(20)22)21-16(23)11-7-9(18)3-5-12(11)19/h3,5,7-8H,2,4,6H2,1H3,(H2,20,22)(H,21,23)/t8-/m0/s1. The van der Waals surface area contributed by atoms with Crippen LogP contribution in [0, 0.1) is 5.92 Å². The summed E-state index contributed by atoms with van der Waals surface area (Å²) in [5, 5.41) is 3.69. The Morgan fingerprint density at radius 1 is 1.42 bits per heavy atom. The molecule has 0 saturated heterocycles. The quantitative estimate of drug-likeness (QED) is 0.749. The van der Waals surface area contributed by atoms with Gasteiger partial charge in [-0.05, 0) is 48.9 Å². The summed E-state index contributed by atoms with van der Waals surface area (Å²) in [5.41, 5.74) is 7.35. The molecule has 0 fully saturated rings. The van der Waals surface area contributed by atoms with Gasteiger partial charge in [0.05, 0.1) is 16.1 Å². The highest BCUT2D eigenvalue weighted by Crippen LogP contribution is 2.39. The Morgan fingerprint density at radius 2 is 2.17 bits per heavy atom. The van der Waals surface area contributed by atoms with Gasteiger partial charge in [0.25, 0.3) is 11.8 Å². The second-order valence-electron chi connectivity index (χ2n) is 6.00. The third-order valence-electron chi connectivity index (χ3n) is 4.16. The van der Waals surface area contributed by atoms with E-state index < -0.39 is 5.91 Å². The highest BCUT2D eigenvalue weighted by atomic mass is 79.9. The number of nitrogens with one attached hydrogen (secondary N) is 1. The van der Waals surface area contributed by atoms with Crippen molar-refractivity contribution in [2.75, 3.05) is 5.32 Å². The van der Waals surface area contributed by atoms with Gasteiger partial charge in [0, 0.05) is 9.35 Å². The molecule has 0 bridgehead atoms. The van der Waals surface area contributed by atoms with E-state index in [1.54, 1.807) is 18.2 Å². The Hall–Kier alpha value is -1.37. The van der Waals surface area contributed by atoms with Gasteiger partial charge < -0.3 is 11.1 Å². The minimum Gasteiger partial charge on any atom is -0.365 e. The maximum absolute atomic E-state index is 12.6. The first-order valence-corrected chi connectivity index (χ1v) is 9.56. The maximum Gasteiger partial charge on any atom is 0.257 e. The summed E-state index contributed by atoms with van der Waals surface area (Å²) in [5.74, 6) is -0.284. The lowest BCUT2D eigenvalue weighted by Gasteiger charge is -2.18.